The van der Waals surface area contributed by atoms with Crippen molar-refractivity contribution in [1.29, 1.82) is 0 Å². The Bertz CT molecular complexity index is 814. The molecule has 0 atom stereocenters. The Morgan fingerprint density at radius 2 is 1.85 bits per heavy atom. The van der Waals surface area contributed by atoms with E-state index in [0.717, 1.165) is 25.2 Å². The van der Waals surface area contributed by atoms with Crippen LogP contribution in [-0.4, -0.2) is 28.8 Å². The summed E-state index contributed by atoms with van der Waals surface area (Å²) in [6, 6.07) is 12.6. The second kappa shape index (κ2) is 8.10. The fraction of sp³-hybridized carbons (Fsp3) is 0.350. The zero-order valence-corrected chi connectivity index (χ0v) is 14.9. The van der Waals surface area contributed by atoms with E-state index in [9.17, 15) is 14.9 Å². The molecule has 1 saturated heterocycles. The lowest BCUT2D eigenvalue weighted by molar-refractivity contribution is -0.385. The smallest absolute Gasteiger partial charge is 0.272 e. The number of nitrogens with one attached hydrogen (secondary N) is 1. The predicted molar refractivity (Wildman–Crippen MR) is 100.0 cm³/mol. The van der Waals surface area contributed by atoms with Gasteiger partial charge in [0.05, 0.1) is 4.92 Å². The van der Waals surface area contributed by atoms with Crippen molar-refractivity contribution in [2.75, 3.05) is 13.1 Å². The first-order chi connectivity index (χ1) is 12.5. The Morgan fingerprint density at radius 3 is 2.50 bits per heavy atom. The summed E-state index contributed by atoms with van der Waals surface area (Å²) in [4.78, 5) is 25.3. The van der Waals surface area contributed by atoms with Gasteiger partial charge in [-0.2, -0.15) is 0 Å². The number of hydrogen-bond acceptors (Lipinski definition) is 4. The maximum Gasteiger partial charge on any atom is 0.272 e. The zero-order chi connectivity index (χ0) is 18.5. The van der Waals surface area contributed by atoms with Gasteiger partial charge in [-0.3, -0.25) is 19.8 Å². The van der Waals surface area contributed by atoms with Crippen LogP contribution in [0.3, 0.4) is 0 Å². The van der Waals surface area contributed by atoms with Gasteiger partial charge in [0.2, 0.25) is 0 Å². The van der Waals surface area contributed by atoms with Crippen LogP contribution >= 0.6 is 0 Å². The van der Waals surface area contributed by atoms with Crippen LogP contribution in [-0.2, 0) is 13.1 Å². The molecule has 6 nitrogen and oxygen atoms in total. The minimum atomic E-state index is -0.439. The van der Waals surface area contributed by atoms with Crippen LogP contribution in [0.15, 0.2) is 42.5 Å². The van der Waals surface area contributed by atoms with Crippen LogP contribution in [0.5, 0.6) is 0 Å². The van der Waals surface area contributed by atoms with Crippen molar-refractivity contribution in [3.8, 4) is 0 Å². The fourth-order valence-electron chi connectivity index (χ4n) is 3.34. The van der Waals surface area contributed by atoms with E-state index < -0.39 is 4.92 Å². The number of nitro benzene ring substituents is 1. The molecule has 0 unspecified atom stereocenters. The number of aryl methyl sites for hydroxylation is 1. The number of carbonyl (C=O) groups is 1. The number of benzene rings is 2. The van der Waals surface area contributed by atoms with E-state index in [1.54, 1.807) is 13.0 Å². The molecule has 1 heterocycles. The van der Waals surface area contributed by atoms with Crippen molar-refractivity contribution < 1.29 is 9.72 Å². The SMILES string of the molecule is Cc1cc(C(=O)NCc2ccccc2CN2CCCC2)ccc1[N+](=O)[O-]. The molecule has 2 aromatic carbocycles. The molecule has 1 amide bonds. The molecule has 0 radical (unpaired) electrons. The van der Waals surface area contributed by atoms with Crippen LogP contribution in [0.4, 0.5) is 5.69 Å². The molecule has 1 aliphatic heterocycles. The van der Waals surface area contributed by atoms with Gasteiger partial charge in [-0.25, -0.2) is 0 Å². The molecule has 0 bridgehead atoms. The number of nitrogens with zero attached hydrogens (tertiary/aromatic N) is 2. The van der Waals surface area contributed by atoms with Crippen molar-refractivity contribution in [1.82, 2.24) is 10.2 Å². The highest BCUT2D eigenvalue weighted by Gasteiger charge is 2.15. The summed E-state index contributed by atoms with van der Waals surface area (Å²) in [5, 5.41) is 13.8. The number of hydrogen-bond donors (Lipinski definition) is 1. The minimum absolute atomic E-state index is 0.0255. The van der Waals surface area contributed by atoms with Gasteiger partial charge in [-0.15, -0.1) is 0 Å². The molecular formula is C20H23N3O3. The van der Waals surface area contributed by atoms with Gasteiger partial charge in [-0.1, -0.05) is 24.3 Å². The zero-order valence-electron chi connectivity index (χ0n) is 14.9. The summed E-state index contributed by atoms with van der Waals surface area (Å²) in [6.45, 7) is 5.24. The summed E-state index contributed by atoms with van der Waals surface area (Å²) in [5.74, 6) is -0.223. The lowest BCUT2D eigenvalue weighted by Crippen LogP contribution is -2.25. The lowest BCUT2D eigenvalue weighted by Gasteiger charge is -2.17. The van der Waals surface area contributed by atoms with E-state index >= 15 is 0 Å². The number of rotatable bonds is 6. The van der Waals surface area contributed by atoms with Crippen LogP contribution in [0.25, 0.3) is 0 Å². The van der Waals surface area contributed by atoms with E-state index in [-0.39, 0.29) is 11.6 Å². The number of amides is 1. The molecule has 1 aliphatic rings. The largest absolute Gasteiger partial charge is 0.348 e. The average molecular weight is 353 g/mol. The molecule has 1 N–H and O–H groups in total. The Labute approximate surface area is 153 Å². The van der Waals surface area contributed by atoms with E-state index in [2.05, 4.69) is 16.3 Å². The fourth-order valence-corrected chi connectivity index (χ4v) is 3.34. The molecule has 0 aromatic heterocycles. The molecule has 0 spiro atoms. The first kappa shape index (κ1) is 18.1. The Hall–Kier alpha value is -2.73. The van der Waals surface area contributed by atoms with Gasteiger partial charge >= 0.3 is 0 Å². The number of nitro groups is 1. The van der Waals surface area contributed by atoms with Crippen LogP contribution < -0.4 is 5.32 Å². The van der Waals surface area contributed by atoms with Crippen LogP contribution in [0, 0.1) is 17.0 Å². The summed E-state index contributed by atoms with van der Waals surface area (Å²) < 4.78 is 0. The van der Waals surface area contributed by atoms with Crippen molar-refractivity contribution in [3.63, 3.8) is 0 Å². The van der Waals surface area contributed by atoms with Crippen molar-refractivity contribution in [2.45, 2.75) is 32.9 Å². The second-order valence-corrected chi connectivity index (χ2v) is 6.69. The lowest BCUT2D eigenvalue weighted by atomic mass is 10.1. The van der Waals surface area contributed by atoms with Gasteiger partial charge in [0.1, 0.15) is 0 Å². The maximum atomic E-state index is 12.4. The molecule has 3 rings (SSSR count). The van der Waals surface area contributed by atoms with Crippen molar-refractivity contribution >= 4 is 11.6 Å². The predicted octanol–water partition coefficient (Wildman–Crippen LogP) is 3.43. The molecule has 6 heteroatoms. The van der Waals surface area contributed by atoms with Crippen LogP contribution in [0.1, 0.15) is 39.9 Å². The topological polar surface area (TPSA) is 75.5 Å². The quantitative estimate of drug-likeness (QED) is 0.638. The molecule has 26 heavy (non-hydrogen) atoms. The summed E-state index contributed by atoms with van der Waals surface area (Å²) >= 11 is 0. The molecule has 136 valence electrons. The van der Waals surface area contributed by atoms with E-state index in [0.29, 0.717) is 17.7 Å². The summed E-state index contributed by atoms with van der Waals surface area (Å²) in [7, 11) is 0. The number of likely N-dealkylation sites (tertiary alicyclic amines) is 1. The van der Waals surface area contributed by atoms with Crippen molar-refractivity contribution in [3.05, 3.63) is 74.8 Å². The number of carbonyl (C=O) groups excluding carboxylic acids is 1. The van der Waals surface area contributed by atoms with Gasteiger partial charge in [0.25, 0.3) is 11.6 Å². The first-order valence-electron chi connectivity index (χ1n) is 8.87. The van der Waals surface area contributed by atoms with Gasteiger partial charge in [0.15, 0.2) is 0 Å². The normalized spacial score (nSPS) is 14.3. The van der Waals surface area contributed by atoms with Gasteiger partial charge < -0.3 is 5.32 Å². The highest BCUT2D eigenvalue weighted by atomic mass is 16.6. The maximum absolute atomic E-state index is 12.4. The van der Waals surface area contributed by atoms with Crippen molar-refractivity contribution in [2.24, 2.45) is 0 Å². The van der Waals surface area contributed by atoms with E-state index in [1.807, 2.05) is 18.2 Å². The second-order valence-electron chi connectivity index (χ2n) is 6.69. The van der Waals surface area contributed by atoms with Gasteiger partial charge in [-0.05, 0) is 56.1 Å². The Kier molecular flexibility index (Phi) is 5.63. The first-order valence-corrected chi connectivity index (χ1v) is 8.87. The molecule has 2 aromatic rings. The highest BCUT2D eigenvalue weighted by Crippen LogP contribution is 2.19. The summed E-state index contributed by atoms with van der Waals surface area (Å²) in [5.41, 5.74) is 3.28. The molecule has 1 fully saturated rings. The summed E-state index contributed by atoms with van der Waals surface area (Å²) in [6.07, 6.45) is 2.50. The Morgan fingerprint density at radius 1 is 1.15 bits per heavy atom. The van der Waals surface area contributed by atoms with E-state index in [4.69, 9.17) is 0 Å². The standard InChI is InChI=1S/C20H23N3O3/c1-15-12-16(8-9-19(15)23(25)26)20(24)21-13-17-6-2-3-7-18(17)14-22-10-4-5-11-22/h2-3,6-9,12H,4-5,10-11,13-14H2,1H3,(H,21,24). The van der Waals surface area contributed by atoms with Gasteiger partial charge in [0, 0.05) is 30.3 Å². The van der Waals surface area contributed by atoms with Crippen LogP contribution in [0.2, 0.25) is 0 Å². The molecule has 0 aliphatic carbocycles. The monoisotopic (exact) mass is 353 g/mol. The molecule has 0 saturated carbocycles. The minimum Gasteiger partial charge on any atom is -0.348 e. The third-order valence-electron chi connectivity index (χ3n) is 4.81. The third kappa shape index (κ3) is 4.26. The average Bonchev–Trinajstić information content (AvgIpc) is 3.13. The van der Waals surface area contributed by atoms with E-state index in [1.165, 1.54) is 30.5 Å². The third-order valence-corrected chi connectivity index (χ3v) is 4.81. The Balaban J connectivity index is 1.66. The molecular weight excluding hydrogens is 330 g/mol. The highest BCUT2D eigenvalue weighted by molar-refractivity contribution is 5.94.